The van der Waals surface area contributed by atoms with E-state index in [1.807, 2.05) is 5.32 Å². The van der Waals surface area contributed by atoms with Crippen LogP contribution in [-0.2, 0) is 5.72 Å². The number of nitrogens with one attached hydrogen (secondary N) is 1. The molecule has 1 atom stereocenters. The van der Waals surface area contributed by atoms with Crippen LogP contribution in [0.15, 0.2) is 42.5 Å². The molecule has 0 bridgehead atoms. The van der Waals surface area contributed by atoms with Crippen LogP contribution in [0.3, 0.4) is 0 Å². The molecule has 2 aromatic rings. The van der Waals surface area contributed by atoms with E-state index in [0.29, 0.717) is 18.1 Å². The molecule has 0 aromatic heterocycles. The van der Waals surface area contributed by atoms with E-state index < -0.39 is 17.8 Å². The minimum absolute atomic E-state index is 0.00170. The summed E-state index contributed by atoms with van der Waals surface area (Å²) in [7, 11) is 1.40. The Morgan fingerprint density at radius 2 is 1.77 bits per heavy atom. The van der Waals surface area contributed by atoms with E-state index >= 15 is 0 Å². The molecule has 1 amide bonds. The van der Waals surface area contributed by atoms with Crippen LogP contribution in [0.4, 0.5) is 13.2 Å². The smallest absolute Gasteiger partial charge is 0.453 e. The second-order valence-electron chi connectivity index (χ2n) is 5.55. The van der Waals surface area contributed by atoms with Crippen molar-refractivity contribution in [1.82, 2.24) is 5.32 Å². The molecule has 0 spiro atoms. The van der Waals surface area contributed by atoms with Gasteiger partial charge in [-0.1, -0.05) is 0 Å². The molecule has 0 unspecified atom stereocenters. The topological polar surface area (TPSA) is 56.8 Å². The van der Waals surface area contributed by atoms with Crippen molar-refractivity contribution in [3.05, 3.63) is 53.6 Å². The van der Waals surface area contributed by atoms with Crippen molar-refractivity contribution in [2.45, 2.75) is 18.8 Å². The monoisotopic (exact) mass is 367 g/mol. The molecule has 1 aliphatic heterocycles. The van der Waals surface area contributed by atoms with Crippen LogP contribution in [0.25, 0.3) is 0 Å². The average Bonchev–Trinajstić information content (AvgIpc) is 2.60. The number of ether oxygens (including phenoxy) is 3. The van der Waals surface area contributed by atoms with Crippen molar-refractivity contribution >= 4 is 5.91 Å². The minimum Gasteiger partial charge on any atom is -0.497 e. The summed E-state index contributed by atoms with van der Waals surface area (Å²) < 4.78 is 57.5. The Labute approximate surface area is 147 Å². The van der Waals surface area contributed by atoms with Crippen LogP contribution in [0.5, 0.6) is 17.2 Å². The quantitative estimate of drug-likeness (QED) is 0.897. The van der Waals surface area contributed by atoms with E-state index in [2.05, 4.69) is 0 Å². The van der Waals surface area contributed by atoms with Gasteiger partial charge in [0.1, 0.15) is 17.2 Å². The SMILES string of the molecule is CCOc1ccc2c(c1)O[C@@](c1ccc(OC)cc1)(C(F)(F)F)NC2=O. The van der Waals surface area contributed by atoms with E-state index in [1.54, 1.807) is 6.92 Å². The van der Waals surface area contributed by atoms with Crippen LogP contribution in [0, 0.1) is 0 Å². The highest BCUT2D eigenvalue weighted by Gasteiger charge is 2.62. The van der Waals surface area contributed by atoms with Gasteiger partial charge in [0.15, 0.2) is 0 Å². The molecule has 5 nitrogen and oxygen atoms in total. The Kier molecular flexibility index (Phi) is 4.43. The van der Waals surface area contributed by atoms with Gasteiger partial charge in [0.2, 0.25) is 0 Å². The zero-order chi connectivity index (χ0) is 18.9. The summed E-state index contributed by atoms with van der Waals surface area (Å²) in [6.07, 6.45) is -4.91. The summed E-state index contributed by atoms with van der Waals surface area (Å²) in [6, 6.07) is 9.27. The Morgan fingerprint density at radius 1 is 1.12 bits per heavy atom. The number of amides is 1. The maximum absolute atomic E-state index is 14.0. The van der Waals surface area contributed by atoms with Crippen molar-refractivity contribution < 1.29 is 32.2 Å². The van der Waals surface area contributed by atoms with Crippen LogP contribution in [0.1, 0.15) is 22.8 Å². The molecule has 3 rings (SSSR count). The number of fused-ring (bicyclic) bond motifs is 1. The average molecular weight is 367 g/mol. The zero-order valence-electron chi connectivity index (χ0n) is 14.0. The van der Waals surface area contributed by atoms with Gasteiger partial charge in [-0.2, -0.15) is 13.2 Å². The van der Waals surface area contributed by atoms with E-state index in [9.17, 15) is 18.0 Å². The van der Waals surface area contributed by atoms with Crippen molar-refractivity contribution in [3.63, 3.8) is 0 Å². The van der Waals surface area contributed by atoms with Crippen LogP contribution in [-0.4, -0.2) is 25.8 Å². The lowest BCUT2D eigenvalue weighted by atomic mass is 9.98. The Morgan fingerprint density at radius 3 is 2.35 bits per heavy atom. The highest BCUT2D eigenvalue weighted by molar-refractivity contribution is 5.98. The molecule has 8 heteroatoms. The Bertz CT molecular complexity index is 820. The van der Waals surface area contributed by atoms with Crippen LogP contribution < -0.4 is 19.5 Å². The third-order valence-corrected chi connectivity index (χ3v) is 3.96. The zero-order valence-corrected chi connectivity index (χ0v) is 14.0. The van der Waals surface area contributed by atoms with E-state index in [0.717, 1.165) is 0 Å². The molecule has 26 heavy (non-hydrogen) atoms. The normalized spacial score (nSPS) is 19.2. The van der Waals surface area contributed by atoms with Gasteiger partial charge in [-0.05, 0) is 43.3 Å². The minimum atomic E-state index is -4.91. The first kappa shape index (κ1) is 17.9. The van der Waals surface area contributed by atoms with Gasteiger partial charge in [-0.3, -0.25) is 4.79 Å². The fourth-order valence-electron chi connectivity index (χ4n) is 2.70. The second kappa shape index (κ2) is 6.44. The summed E-state index contributed by atoms with van der Waals surface area (Å²) in [6.45, 7) is 2.07. The summed E-state index contributed by atoms with van der Waals surface area (Å²) in [4.78, 5) is 12.4. The summed E-state index contributed by atoms with van der Waals surface area (Å²) in [5.74, 6) is -0.394. The number of halogens is 3. The first-order valence-electron chi connectivity index (χ1n) is 7.80. The maximum Gasteiger partial charge on any atom is 0.453 e. The Balaban J connectivity index is 2.11. The molecule has 1 aliphatic rings. The third kappa shape index (κ3) is 2.91. The number of hydrogen-bond donors (Lipinski definition) is 1. The molecule has 0 radical (unpaired) electrons. The largest absolute Gasteiger partial charge is 0.497 e. The van der Waals surface area contributed by atoms with E-state index in [-0.39, 0.29) is 16.9 Å². The van der Waals surface area contributed by atoms with Crippen molar-refractivity contribution in [1.29, 1.82) is 0 Å². The first-order valence-corrected chi connectivity index (χ1v) is 7.80. The maximum atomic E-state index is 14.0. The summed E-state index contributed by atoms with van der Waals surface area (Å²) in [5, 5.41) is 1.96. The number of alkyl halides is 3. The van der Waals surface area contributed by atoms with Gasteiger partial charge in [0, 0.05) is 11.6 Å². The number of hydrogen-bond acceptors (Lipinski definition) is 4. The summed E-state index contributed by atoms with van der Waals surface area (Å²) in [5.41, 5.74) is -3.28. The lowest BCUT2D eigenvalue weighted by Crippen LogP contribution is -2.62. The molecular formula is C18H16F3NO4. The number of methoxy groups -OCH3 is 1. The van der Waals surface area contributed by atoms with Gasteiger partial charge in [0.25, 0.3) is 5.91 Å². The molecule has 138 valence electrons. The predicted octanol–water partition coefficient (Wildman–Crippen LogP) is 3.63. The molecule has 0 aliphatic carbocycles. The number of benzene rings is 2. The van der Waals surface area contributed by atoms with Gasteiger partial charge in [0.05, 0.1) is 19.3 Å². The fourth-order valence-corrected chi connectivity index (χ4v) is 2.70. The fraction of sp³-hybridized carbons (Fsp3) is 0.278. The van der Waals surface area contributed by atoms with Gasteiger partial charge < -0.3 is 19.5 Å². The standard InChI is InChI=1S/C18H16F3NO4/c1-3-25-13-8-9-14-15(10-13)26-17(18(19,20)21,22-16(14)23)11-4-6-12(24-2)7-5-11/h4-10H,3H2,1-2H3,(H,22,23)/t17-/m0/s1. The molecular weight excluding hydrogens is 351 g/mol. The van der Waals surface area contributed by atoms with Crippen LogP contribution >= 0.6 is 0 Å². The Hall–Kier alpha value is -2.90. The van der Waals surface area contributed by atoms with E-state index in [1.165, 1.54) is 49.6 Å². The van der Waals surface area contributed by atoms with Crippen LogP contribution in [0.2, 0.25) is 0 Å². The van der Waals surface area contributed by atoms with Crippen molar-refractivity contribution in [3.8, 4) is 17.2 Å². The molecule has 0 saturated heterocycles. The number of rotatable bonds is 4. The van der Waals surface area contributed by atoms with Gasteiger partial charge in [-0.15, -0.1) is 0 Å². The molecule has 1 heterocycles. The number of carbonyl (C=O) groups is 1. The predicted molar refractivity (Wildman–Crippen MR) is 86.4 cm³/mol. The molecule has 2 aromatic carbocycles. The third-order valence-electron chi connectivity index (χ3n) is 3.96. The number of carbonyl (C=O) groups excluding carboxylic acids is 1. The molecule has 0 fully saturated rings. The highest BCUT2D eigenvalue weighted by atomic mass is 19.4. The molecule has 0 saturated carbocycles. The lowest BCUT2D eigenvalue weighted by molar-refractivity contribution is -0.265. The highest BCUT2D eigenvalue weighted by Crippen LogP contribution is 2.45. The van der Waals surface area contributed by atoms with Gasteiger partial charge in [-0.25, -0.2) is 0 Å². The molecule has 1 N–H and O–H groups in total. The lowest BCUT2D eigenvalue weighted by Gasteiger charge is -2.40. The second-order valence-corrected chi connectivity index (χ2v) is 5.55. The van der Waals surface area contributed by atoms with Crippen molar-refractivity contribution in [2.75, 3.05) is 13.7 Å². The first-order chi connectivity index (χ1) is 12.3. The summed E-state index contributed by atoms with van der Waals surface area (Å²) >= 11 is 0. The van der Waals surface area contributed by atoms with Gasteiger partial charge >= 0.3 is 11.9 Å². The van der Waals surface area contributed by atoms with Crippen molar-refractivity contribution in [2.24, 2.45) is 0 Å². The van der Waals surface area contributed by atoms with E-state index in [4.69, 9.17) is 14.2 Å².